The molecule has 8 heteroatoms. The molecule has 1 saturated heterocycles. The van der Waals surface area contributed by atoms with E-state index in [1.807, 2.05) is 24.3 Å². The van der Waals surface area contributed by atoms with E-state index in [2.05, 4.69) is 14.9 Å². The summed E-state index contributed by atoms with van der Waals surface area (Å²) in [5.41, 5.74) is 1.13. The Hall–Kier alpha value is -1.93. The van der Waals surface area contributed by atoms with Crippen molar-refractivity contribution in [3.63, 3.8) is 0 Å². The Kier molecular flexibility index (Phi) is 3.42. The van der Waals surface area contributed by atoms with E-state index < -0.39 is 15.3 Å². The van der Waals surface area contributed by atoms with E-state index in [4.69, 9.17) is 0 Å². The van der Waals surface area contributed by atoms with E-state index in [9.17, 15) is 13.2 Å². The van der Waals surface area contributed by atoms with Gasteiger partial charge in [-0.2, -0.15) is 5.10 Å². The molecular formula is C13H16N4O3S. The minimum atomic E-state index is -3.35. The number of para-hydroxylation sites is 1. The molecule has 3 rings (SSSR count). The van der Waals surface area contributed by atoms with Crippen molar-refractivity contribution < 1.29 is 13.2 Å². The van der Waals surface area contributed by atoms with Crippen LogP contribution in [0.25, 0.3) is 10.9 Å². The number of hydrogen-bond donors (Lipinski definition) is 2. The zero-order valence-corrected chi connectivity index (χ0v) is 12.4. The van der Waals surface area contributed by atoms with Crippen molar-refractivity contribution in [1.29, 1.82) is 0 Å². The molecule has 2 aromatic rings. The van der Waals surface area contributed by atoms with Crippen molar-refractivity contribution in [1.82, 2.24) is 19.8 Å². The molecule has 0 saturated carbocycles. The van der Waals surface area contributed by atoms with Crippen LogP contribution in [0.3, 0.4) is 0 Å². The van der Waals surface area contributed by atoms with Crippen LogP contribution < -0.4 is 4.72 Å². The number of nitrogens with one attached hydrogen (secondary N) is 2. The van der Waals surface area contributed by atoms with Gasteiger partial charge in [0.25, 0.3) is 5.91 Å². The number of nitrogens with zero attached hydrogens (tertiary/aromatic N) is 2. The molecule has 0 spiro atoms. The highest BCUT2D eigenvalue weighted by atomic mass is 32.2. The Morgan fingerprint density at radius 3 is 2.95 bits per heavy atom. The van der Waals surface area contributed by atoms with Gasteiger partial charge in [-0.3, -0.25) is 9.89 Å². The Balaban J connectivity index is 1.84. The zero-order chi connectivity index (χ0) is 15.0. The smallest absolute Gasteiger partial charge is 0.275 e. The second-order valence-electron chi connectivity index (χ2n) is 5.03. The van der Waals surface area contributed by atoms with Crippen LogP contribution in [0.5, 0.6) is 0 Å². The number of carbonyl (C=O) groups excluding carboxylic acids is 1. The van der Waals surface area contributed by atoms with Crippen molar-refractivity contribution in [2.45, 2.75) is 11.7 Å². The molecule has 0 aliphatic carbocycles. The van der Waals surface area contributed by atoms with Gasteiger partial charge in [0, 0.05) is 18.5 Å². The molecule has 1 aliphatic rings. The SMILES string of the molecule is CNS(=O)(=O)C1CCN(C(=O)c2n[nH]c3ccccc23)C1. The number of carbonyl (C=O) groups is 1. The summed E-state index contributed by atoms with van der Waals surface area (Å²) in [5.74, 6) is -0.235. The molecule has 0 bridgehead atoms. The number of amides is 1. The Labute approximate surface area is 122 Å². The molecule has 1 aromatic carbocycles. The lowest BCUT2D eigenvalue weighted by Gasteiger charge is -2.15. The predicted octanol–water partition coefficient (Wildman–Crippen LogP) is 0.327. The van der Waals surface area contributed by atoms with Crippen molar-refractivity contribution in [3.05, 3.63) is 30.0 Å². The number of fused-ring (bicyclic) bond motifs is 1. The number of sulfonamides is 1. The van der Waals surface area contributed by atoms with Crippen LogP contribution in [0.15, 0.2) is 24.3 Å². The largest absolute Gasteiger partial charge is 0.336 e. The number of aromatic nitrogens is 2. The van der Waals surface area contributed by atoms with E-state index >= 15 is 0 Å². The van der Waals surface area contributed by atoms with Gasteiger partial charge in [-0.15, -0.1) is 0 Å². The summed E-state index contributed by atoms with van der Waals surface area (Å²) in [5, 5.41) is 7.08. The Bertz CT molecular complexity index is 784. The van der Waals surface area contributed by atoms with Crippen LogP contribution in [0.1, 0.15) is 16.9 Å². The van der Waals surface area contributed by atoms with Gasteiger partial charge in [0.2, 0.25) is 10.0 Å². The molecular weight excluding hydrogens is 292 g/mol. The lowest BCUT2D eigenvalue weighted by molar-refractivity contribution is 0.0789. The molecule has 0 radical (unpaired) electrons. The van der Waals surface area contributed by atoms with Crippen molar-refractivity contribution >= 4 is 26.8 Å². The molecule has 21 heavy (non-hydrogen) atoms. The average molecular weight is 308 g/mol. The van der Waals surface area contributed by atoms with Crippen molar-refractivity contribution in [2.24, 2.45) is 0 Å². The summed E-state index contributed by atoms with van der Waals surface area (Å²) in [4.78, 5) is 14.1. The molecule has 1 aliphatic heterocycles. The van der Waals surface area contributed by atoms with Gasteiger partial charge < -0.3 is 4.90 Å². The molecule has 1 fully saturated rings. The molecule has 1 unspecified atom stereocenters. The van der Waals surface area contributed by atoms with Crippen LogP contribution in [0.4, 0.5) is 0 Å². The van der Waals surface area contributed by atoms with Gasteiger partial charge in [0.15, 0.2) is 5.69 Å². The molecule has 1 aromatic heterocycles. The van der Waals surface area contributed by atoms with Crippen LogP contribution in [-0.2, 0) is 10.0 Å². The highest BCUT2D eigenvalue weighted by molar-refractivity contribution is 7.90. The summed E-state index contributed by atoms with van der Waals surface area (Å²) in [6.07, 6.45) is 0.442. The maximum Gasteiger partial charge on any atom is 0.275 e. The van der Waals surface area contributed by atoms with E-state index in [1.165, 1.54) is 7.05 Å². The highest BCUT2D eigenvalue weighted by Gasteiger charge is 2.35. The number of H-pyrrole nitrogens is 1. The minimum Gasteiger partial charge on any atom is -0.336 e. The number of aromatic amines is 1. The number of rotatable bonds is 3. The summed E-state index contributed by atoms with van der Waals surface area (Å²) >= 11 is 0. The predicted molar refractivity (Wildman–Crippen MR) is 78.4 cm³/mol. The Morgan fingerprint density at radius 1 is 1.43 bits per heavy atom. The van der Waals surface area contributed by atoms with Crippen molar-refractivity contribution in [2.75, 3.05) is 20.1 Å². The number of benzene rings is 1. The van der Waals surface area contributed by atoms with Gasteiger partial charge >= 0.3 is 0 Å². The van der Waals surface area contributed by atoms with E-state index in [0.717, 1.165) is 10.9 Å². The quantitative estimate of drug-likeness (QED) is 0.854. The average Bonchev–Trinajstić information content (AvgIpc) is 3.14. The standard InChI is InChI=1S/C13H16N4O3S/c1-14-21(19,20)9-6-7-17(8-9)13(18)12-10-4-2-3-5-11(10)15-16-12/h2-5,9,14H,6-8H2,1H3,(H,15,16). The van der Waals surface area contributed by atoms with Crippen LogP contribution in [-0.4, -0.2) is 54.8 Å². The molecule has 1 amide bonds. The monoisotopic (exact) mass is 308 g/mol. The lowest BCUT2D eigenvalue weighted by Crippen LogP contribution is -2.36. The summed E-state index contributed by atoms with van der Waals surface area (Å²) < 4.78 is 25.9. The maximum atomic E-state index is 12.5. The third kappa shape index (κ3) is 2.40. The lowest BCUT2D eigenvalue weighted by atomic mass is 10.2. The fourth-order valence-electron chi connectivity index (χ4n) is 2.61. The molecule has 7 nitrogen and oxygen atoms in total. The first kappa shape index (κ1) is 14.0. The van der Waals surface area contributed by atoms with Crippen molar-refractivity contribution in [3.8, 4) is 0 Å². The second kappa shape index (κ2) is 5.12. The van der Waals surface area contributed by atoms with E-state index in [1.54, 1.807) is 4.90 Å². The normalized spacial score (nSPS) is 19.3. The fraction of sp³-hybridized carbons (Fsp3) is 0.385. The van der Waals surface area contributed by atoms with Gasteiger partial charge in [-0.1, -0.05) is 18.2 Å². The third-order valence-corrected chi connectivity index (χ3v) is 5.66. The molecule has 2 heterocycles. The molecule has 2 N–H and O–H groups in total. The summed E-state index contributed by atoms with van der Waals surface area (Å²) in [6, 6.07) is 7.37. The van der Waals surface area contributed by atoms with E-state index in [0.29, 0.717) is 18.7 Å². The third-order valence-electron chi connectivity index (χ3n) is 3.83. The van der Waals surface area contributed by atoms with Crippen LogP contribution in [0, 0.1) is 0 Å². The highest BCUT2D eigenvalue weighted by Crippen LogP contribution is 2.21. The van der Waals surface area contributed by atoms with Gasteiger partial charge in [0.1, 0.15) is 0 Å². The zero-order valence-electron chi connectivity index (χ0n) is 11.5. The second-order valence-corrected chi connectivity index (χ2v) is 7.19. The van der Waals surface area contributed by atoms with Gasteiger partial charge in [0.05, 0.1) is 10.8 Å². The van der Waals surface area contributed by atoms with Gasteiger partial charge in [-0.05, 0) is 19.5 Å². The van der Waals surface area contributed by atoms with E-state index in [-0.39, 0.29) is 12.5 Å². The summed E-state index contributed by atoms with van der Waals surface area (Å²) in [6.45, 7) is 0.620. The summed E-state index contributed by atoms with van der Waals surface area (Å²) in [7, 11) is -1.96. The first-order valence-electron chi connectivity index (χ1n) is 6.67. The fourth-order valence-corrected chi connectivity index (χ4v) is 3.73. The minimum absolute atomic E-state index is 0.198. The van der Waals surface area contributed by atoms with Crippen LogP contribution >= 0.6 is 0 Å². The topological polar surface area (TPSA) is 95.2 Å². The number of likely N-dealkylation sites (tertiary alicyclic amines) is 1. The number of hydrogen-bond acceptors (Lipinski definition) is 4. The molecule has 1 atom stereocenters. The maximum absolute atomic E-state index is 12.5. The first-order chi connectivity index (χ1) is 10.0. The first-order valence-corrected chi connectivity index (χ1v) is 8.22. The van der Waals surface area contributed by atoms with Crippen LogP contribution in [0.2, 0.25) is 0 Å². The Morgan fingerprint density at radius 2 is 2.19 bits per heavy atom. The van der Waals surface area contributed by atoms with Gasteiger partial charge in [-0.25, -0.2) is 13.1 Å². The molecule has 112 valence electrons.